The van der Waals surface area contributed by atoms with E-state index >= 15 is 0 Å². The lowest BCUT2D eigenvalue weighted by Gasteiger charge is -2.28. The molecular formula is C47H64O4. The van der Waals surface area contributed by atoms with Gasteiger partial charge in [0.2, 0.25) is 0 Å². The summed E-state index contributed by atoms with van der Waals surface area (Å²) in [5, 5.41) is 45.9. The Morgan fingerprint density at radius 2 is 0.588 bits per heavy atom. The maximum Gasteiger partial charge on any atom is 0.122 e. The summed E-state index contributed by atoms with van der Waals surface area (Å²) in [6.45, 7) is 26.4. The first-order chi connectivity index (χ1) is 23.7. The molecule has 4 aromatic rings. The lowest BCUT2D eigenvalue weighted by Crippen LogP contribution is -2.18. The van der Waals surface area contributed by atoms with Crippen LogP contribution in [-0.2, 0) is 40.9 Å². The van der Waals surface area contributed by atoms with E-state index in [0.717, 1.165) is 81.3 Å². The number of rotatable bonds is 14. The Morgan fingerprint density at radius 1 is 0.353 bits per heavy atom. The van der Waals surface area contributed by atoms with E-state index in [1.165, 1.54) is 0 Å². The summed E-state index contributed by atoms with van der Waals surface area (Å²) >= 11 is 0. The fourth-order valence-electron chi connectivity index (χ4n) is 6.57. The fraction of sp³-hybridized carbons (Fsp3) is 0.489. The molecule has 0 radical (unpaired) electrons. The zero-order valence-electron chi connectivity index (χ0n) is 33.5. The third-order valence-corrected chi connectivity index (χ3v) is 12.5. The number of phenolic OH excluding ortho intramolecular Hbond substituents is 4. The molecule has 4 heteroatoms. The van der Waals surface area contributed by atoms with Gasteiger partial charge in [-0.2, -0.15) is 0 Å². The van der Waals surface area contributed by atoms with Crippen molar-refractivity contribution >= 4 is 0 Å². The maximum atomic E-state index is 12.0. The van der Waals surface area contributed by atoms with E-state index in [1.54, 1.807) is 12.1 Å². The third kappa shape index (κ3) is 8.59. The average molecular weight is 693 g/mol. The minimum absolute atomic E-state index is 0.0431. The van der Waals surface area contributed by atoms with Crippen molar-refractivity contribution in [1.82, 2.24) is 0 Å². The third-order valence-electron chi connectivity index (χ3n) is 12.5. The number of phenols is 4. The van der Waals surface area contributed by atoms with Gasteiger partial charge in [0.1, 0.15) is 23.0 Å². The second kappa shape index (κ2) is 15.0. The molecular weight excluding hydrogens is 629 g/mol. The zero-order chi connectivity index (χ0) is 38.1. The number of hydrogen-bond donors (Lipinski definition) is 4. The molecule has 0 saturated heterocycles. The van der Waals surface area contributed by atoms with Crippen LogP contribution >= 0.6 is 0 Å². The summed E-state index contributed by atoms with van der Waals surface area (Å²) in [7, 11) is 0. The standard InChI is InChI=1S/C47H64O4/c1-13-44(5,6)36-17-19-40(48)30(24-36)21-32-26-38(46(9,10)15-3)28-34(42(32)50)23-35-29-39(47(11,12)16-4)27-33(43(35)51)22-31-25-37(18-20-41(31)49)45(7,8)14-2/h17-20,24-29,48-51H,13-16,21-23H2,1-12H3. The van der Waals surface area contributed by atoms with E-state index in [1.807, 2.05) is 12.1 Å². The highest BCUT2D eigenvalue weighted by molar-refractivity contribution is 5.55. The van der Waals surface area contributed by atoms with E-state index in [9.17, 15) is 20.4 Å². The highest BCUT2D eigenvalue weighted by Gasteiger charge is 2.27. The second-order valence-corrected chi connectivity index (χ2v) is 17.5. The first-order valence-corrected chi connectivity index (χ1v) is 19.0. The molecule has 4 rings (SSSR count). The topological polar surface area (TPSA) is 80.9 Å². The molecule has 0 aliphatic carbocycles. The summed E-state index contributed by atoms with van der Waals surface area (Å²) in [5.74, 6) is 0.827. The molecule has 4 nitrogen and oxygen atoms in total. The summed E-state index contributed by atoms with van der Waals surface area (Å²) < 4.78 is 0. The molecule has 0 aromatic heterocycles. The SMILES string of the molecule is CCC(C)(C)c1ccc(O)c(Cc2cc(C(C)(C)CC)cc(Cc3cc(C(C)(C)CC)cc(Cc4cc(C(C)(C)CC)ccc4O)c3O)c2O)c1. The van der Waals surface area contributed by atoms with Gasteiger partial charge in [-0.1, -0.05) is 132 Å². The van der Waals surface area contributed by atoms with Crippen molar-refractivity contribution in [3.63, 3.8) is 0 Å². The van der Waals surface area contributed by atoms with Gasteiger partial charge in [0.15, 0.2) is 0 Å². The van der Waals surface area contributed by atoms with Crippen molar-refractivity contribution in [2.45, 2.75) is 150 Å². The van der Waals surface area contributed by atoms with Crippen LogP contribution in [0.5, 0.6) is 23.0 Å². The van der Waals surface area contributed by atoms with Crippen LogP contribution in [0.3, 0.4) is 0 Å². The van der Waals surface area contributed by atoms with Crippen molar-refractivity contribution < 1.29 is 20.4 Å². The Balaban J connectivity index is 1.88. The molecule has 0 spiro atoms. The highest BCUT2D eigenvalue weighted by atomic mass is 16.3. The number of hydrogen-bond acceptors (Lipinski definition) is 4. The van der Waals surface area contributed by atoms with Crippen molar-refractivity contribution in [2.24, 2.45) is 0 Å². The van der Waals surface area contributed by atoms with Crippen molar-refractivity contribution in [1.29, 1.82) is 0 Å². The Hall–Kier alpha value is -3.92. The molecule has 4 aromatic carbocycles. The summed E-state index contributed by atoms with van der Waals surface area (Å²) in [5.41, 5.74) is 8.73. The number of benzene rings is 4. The van der Waals surface area contributed by atoms with E-state index in [2.05, 4.69) is 119 Å². The average Bonchev–Trinajstić information content (AvgIpc) is 3.09. The molecule has 0 bridgehead atoms. The van der Waals surface area contributed by atoms with Crippen LogP contribution in [-0.4, -0.2) is 20.4 Å². The smallest absolute Gasteiger partial charge is 0.122 e. The van der Waals surface area contributed by atoms with Crippen molar-refractivity contribution in [3.8, 4) is 23.0 Å². The van der Waals surface area contributed by atoms with Gasteiger partial charge in [-0.3, -0.25) is 0 Å². The molecule has 0 atom stereocenters. The summed E-state index contributed by atoms with van der Waals surface area (Å²) in [4.78, 5) is 0. The van der Waals surface area contributed by atoms with Gasteiger partial charge in [-0.25, -0.2) is 0 Å². The minimum Gasteiger partial charge on any atom is -0.508 e. The van der Waals surface area contributed by atoms with Gasteiger partial charge >= 0.3 is 0 Å². The minimum atomic E-state index is -0.153. The number of aromatic hydroxyl groups is 4. The Bertz CT molecular complexity index is 1720. The van der Waals surface area contributed by atoms with Gasteiger partial charge in [0.25, 0.3) is 0 Å². The molecule has 0 aliphatic rings. The lowest BCUT2D eigenvalue weighted by atomic mass is 9.77. The Kier molecular flexibility index (Phi) is 11.7. The van der Waals surface area contributed by atoms with Gasteiger partial charge in [-0.05, 0) is 115 Å². The lowest BCUT2D eigenvalue weighted by molar-refractivity contribution is 0.450. The largest absolute Gasteiger partial charge is 0.508 e. The molecule has 4 N–H and O–H groups in total. The van der Waals surface area contributed by atoms with E-state index in [0.29, 0.717) is 19.3 Å². The van der Waals surface area contributed by atoms with Gasteiger partial charge < -0.3 is 20.4 Å². The van der Waals surface area contributed by atoms with Crippen LogP contribution in [0.25, 0.3) is 0 Å². The molecule has 0 unspecified atom stereocenters. The van der Waals surface area contributed by atoms with Gasteiger partial charge in [0, 0.05) is 19.3 Å². The predicted molar refractivity (Wildman–Crippen MR) is 214 cm³/mol. The molecule has 0 aliphatic heterocycles. The Labute approximate surface area is 308 Å². The molecule has 0 amide bonds. The van der Waals surface area contributed by atoms with Crippen LogP contribution in [0, 0.1) is 0 Å². The summed E-state index contributed by atoms with van der Waals surface area (Å²) in [6.07, 6.45) is 4.86. The maximum absolute atomic E-state index is 12.0. The molecule has 0 fully saturated rings. The quantitative estimate of drug-likeness (QED) is 0.106. The van der Waals surface area contributed by atoms with Crippen molar-refractivity contribution in [2.75, 3.05) is 0 Å². The second-order valence-electron chi connectivity index (χ2n) is 17.5. The highest BCUT2D eigenvalue weighted by Crippen LogP contribution is 2.41. The molecule has 0 heterocycles. The zero-order valence-corrected chi connectivity index (χ0v) is 33.5. The molecule has 51 heavy (non-hydrogen) atoms. The van der Waals surface area contributed by atoms with Gasteiger partial charge in [-0.15, -0.1) is 0 Å². The van der Waals surface area contributed by atoms with E-state index in [-0.39, 0.29) is 44.7 Å². The summed E-state index contributed by atoms with van der Waals surface area (Å²) in [6, 6.07) is 20.1. The van der Waals surface area contributed by atoms with E-state index in [4.69, 9.17) is 0 Å². The van der Waals surface area contributed by atoms with Gasteiger partial charge in [0.05, 0.1) is 0 Å². The van der Waals surface area contributed by atoms with E-state index < -0.39 is 0 Å². The first-order valence-electron chi connectivity index (χ1n) is 19.0. The first kappa shape index (κ1) is 39.9. The van der Waals surface area contributed by atoms with Crippen LogP contribution in [0.4, 0.5) is 0 Å². The van der Waals surface area contributed by atoms with Crippen LogP contribution in [0.2, 0.25) is 0 Å². The molecule has 276 valence electrons. The Morgan fingerprint density at radius 3 is 0.863 bits per heavy atom. The molecule has 0 saturated carbocycles. The van der Waals surface area contributed by atoms with Crippen molar-refractivity contribution in [3.05, 3.63) is 116 Å². The fourth-order valence-corrected chi connectivity index (χ4v) is 6.57. The van der Waals surface area contributed by atoms with Crippen LogP contribution < -0.4 is 0 Å². The van der Waals surface area contributed by atoms with Crippen LogP contribution in [0.15, 0.2) is 60.7 Å². The predicted octanol–water partition coefficient (Wildman–Crippen LogP) is 12.0. The monoisotopic (exact) mass is 692 g/mol. The normalized spacial score (nSPS) is 12.8. The van der Waals surface area contributed by atoms with Crippen LogP contribution in [0.1, 0.15) is 164 Å².